The molecule has 3 rings (SSSR count). The molecule has 0 bridgehead atoms. The van der Waals surface area contributed by atoms with Gasteiger partial charge in [0, 0.05) is 18.7 Å². The summed E-state index contributed by atoms with van der Waals surface area (Å²) in [6.45, 7) is 6.26. The Hall–Kier alpha value is -2.45. The van der Waals surface area contributed by atoms with Gasteiger partial charge in [0.25, 0.3) is 11.8 Å². The van der Waals surface area contributed by atoms with Crippen LogP contribution in [0.2, 0.25) is 0 Å². The van der Waals surface area contributed by atoms with Crippen LogP contribution in [0.4, 0.5) is 5.69 Å². The smallest absolute Gasteiger partial charge is 0.257 e. The summed E-state index contributed by atoms with van der Waals surface area (Å²) in [6.07, 6.45) is 3.19. The van der Waals surface area contributed by atoms with Crippen LogP contribution in [-0.2, 0) is 0 Å². The van der Waals surface area contributed by atoms with Crippen LogP contribution in [0.5, 0.6) is 5.75 Å². The van der Waals surface area contributed by atoms with Crippen LogP contribution in [0.3, 0.4) is 0 Å². The third kappa shape index (κ3) is 6.53. The summed E-state index contributed by atoms with van der Waals surface area (Å²) in [6, 6.07) is 12.3. The number of nitrogens with zero attached hydrogens (tertiary/aromatic N) is 1. The average molecular weight is 518 g/mol. The third-order valence-electron chi connectivity index (χ3n) is 5.04. The van der Waals surface area contributed by atoms with E-state index in [9.17, 15) is 9.59 Å². The number of benzene rings is 2. The highest BCUT2D eigenvalue weighted by Gasteiger charge is 2.21. The van der Waals surface area contributed by atoms with Crippen molar-refractivity contribution in [1.82, 2.24) is 10.2 Å². The summed E-state index contributed by atoms with van der Waals surface area (Å²) in [4.78, 5) is 27.5. The lowest BCUT2D eigenvalue weighted by atomic mass is 10.1. The molecule has 0 aromatic heterocycles. The van der Waals surface area contributed by atoms with Gasteiger partial charge in [-0.3, -0.25) is 14.9 Å². The Morgan fingerprint density at radius 1 is 1.12 bits per heavy atom. The zero-order valence-corrected chi connectivity index (χ0v) is 20.7. The highest BCUT2D eigenvalue weighted by Crippen LogP contribution is 2.26. The van der Waals surface area contributed by atoms with Gasteiger partial charge in [0.05, 0.1) is 22.3 Å². The number of nitrogens with one attached hydrogen (secondary N) is 2. The number of thiocarbonyl (C=S) groups is 1. The minimum absolute atomic E-state index is 0.0251. The van der Waals surface area contributed by atoms with Crippen LogP contribution in [0.25, 0.3) is 0 Å². The van der Waals surface area contributed by atoms with Gasteiger partial charge in [-0.15, -0.1) is 0 Å². The zero-order chi connectivity index (χ0) is 23.1. The number of piperidine rings is 1. The summed E-state index contributed by atoms with van der Waals surface area (Å²) < 4.78 is 6.42. The molecule has 0 radical (unpaired) electrons. The highest BCUT2D eigenvalue weighted by molar-refractivity contribution is 9.10. The van der Waals surface area contributed by atoms with Crippen molar-refractivity contribution in [2.24, 2.45) is 5.92 Å². The average Bonchev–Trinajstić information content (AvgIpc) is 2.78. The Labute approximate surface area is 202 Å². The Bertz CT molecular complexity index is 990. The molecule has 1 aliphatic heterocycles. The van der Waals surface area contributed by atoms with Gasteiger partial charge >= 0.3 is 0 Å². The van der Waals surface area contributed by atoms with E-state index in [1.54, 1.807) is 30.3 Å². The number of hydrogen-bond acceptors (Lipinski definition) is 4. The van der Waals surface area contributed by atoms with E-state index in [1.807, 2.05) is 17.0 Å². The van der Waals surface area contributed by atoms with Crippen LogP contribution >= 0.6 is 28.1 Å². The zero-order valence-electron chi connectivity index (χ0n) is 18.3. The molecule has 6 nitrogen and oxygen atoms in total. The molecule has 0 unspecified atom stereocenters. The van der Waals surface area contributed by atoms with E-state index in [-0.39, 0.29) is 16.9 Å². The molecular weight excluding hydrogens is 490 g/mol. The minimum atomic E-state index is -0.349. The van der Waals surface area contributed by atoms with Gasteiger partial charge in [-0.05, 0) is 83.7 Å². The maximum atomic E-state index is 12.9. The first-order valence-corrected chi connectivity index (χ1v) is 12.0. The molecule has 0 aliphatic carbocycles. The van der Waals surface area contributed by atoms with Crippen molar-refractivity contribution in [3.8, 4) is 5.75 Å². The van der Waals surface area contributed by atoms with E-state index < -0.39 is 0 Å². The number of rotatable bonds is 6. The van der Waals surface area contributed by atoms with Gasteiger partial charge in [-0.25, -0.2) is 0 Å². The molecule has 2 N–H and O–H groups in total. The summed E-state index contributed by atoms with van der Waals surface area (Å²) in [5, 5.41) is 5.82. The fourth-order valence-corrected chi connectivity index (χ4v) is 4.09. The molecule has 0 saturated carbocycles. The Balaban J connectivity index is 1.64. The molecule has 170 valence electrons. The van der Waals surface area contributed by atoms with Crippen molar-refractivity contribution in [2.75, 3.05) is 25.0 Å². The fourth-order valence-electron chi connectivity index (χ4n) is 3.39. The largest absolute Gasteiger partial charge is 0.492 e. The molecule has 1 heterocycles. The van der Waals surface area contributed by atoms with E-state index in [1.165, 1.54) is 0 Å². The third-order valence-corrected chi connectivity index (χ3v) is 5.87. The maximum absolute atomic E-state index is 12.9. The molecular formula is C24H28BrN3O3S. The second kappa shape index (κ2) is 11.4. The standard InChI is InChI=1S/C24H28BrN3O3S/c1-16(2)15-31-21-11-10-17(14-19(21)25)22(29)27-24(32)26-20-9-5-4-8-18(20)23(30)28-12-6-3-7-13-28/h4-5,8-11,14,16H,3,6-7,12-13,15H2,1-2H3,(H2,26,27,29,32). The molecule has 2 aromatic rings. The second-order valence-corrected chi connectivity index (χ2v) is 9.42. The van der Waals surface area contributed by atoms with Gasteiger partial charge in [0.1, 0.15) is 5.75 Å². The van der Waals surface area contributed by atoms with E-state index >= 15 is 0 Å². The number of halogens is 1. The van der Waals surface area contributed by atoms with Gasteiger partial charge in [-0.2, -0.15) is 0 Å². The van der Waals surface area contributed by atoms with Crippen molar-refractivity contribution < 1.29 is 14.3 Å². The summed E-state index contributed by atoms with van der Waals surface area (Å²) in [5.74, 6) is 0.709. The molecule has 0 atom stereocenters. The number of ether oxygens (including phenoxy) is 1. The van der Waals surface area contributed by atoms with Gasteiger partial charge in [0.2, 0.25) is 0 Å². The predicted octanol–water partition coefficient (Wildman–Crippen LogP) is 5.24. The van der Waals surface area contributed by atoms with Crippen molar-refractivity contribution in [3.05, 3.63) is 58.1 Å². The van der Waals surface area contributed by atoms with Gasteiger partial charge in [0.15, 0.2) is 5.11 Å². The Morgan fingerprint density at radius 3 is 2.53 bits per heavy atom. The van der Waals surface area contributed by atoms with E-state index in [0.717, 1.165) is 32.4 Å². The van der Waals surface area contributed by atoms with Crippen LogP contribution in [-0.4, -0.2) is 41.5 Å². The lowest BCUT2D eigenvalue weighted by Gasteiger charge is -2.27. The summed E-state index contributed by atoms with van der Waals surface area (Å²) in [5.41, 5.74) is 1.56. The number of carbonyl (C=O) groups excluding carboxylic acids is 2. The molecule has 1 saturated heterocycles. The molecule has 0 spiro atoms. The number of hydrogen-bond donors (Lipinski definition) is 2. The van der Waals surface area contributed by atoms with Crippen molar-refractivity contribution in [2.45, 2.75) is 33.1 Å². The molecule has 1 fully saturated rings. The first-order valence-electron chi connectivity index (χ1n) is 10.8. The van der Waals surface area contributed by atoms with Crippen molar-refractivity contribution in [1.29, 1.82) is 0 Å². The van der Waals surface area contributed by atoms with Crippen LogP contribution in [0.15, 0.2) is 46.9 Å². The number of carbonyl (C=O) groups is 2. The second-order valence-electron chi connectivity index (χ2n) is 8.16. The minimum Gasteiger partial charge on any atom is -0.492 e. The Morgan fingerprint density at radius 2 is 1.84 bits per heavy atom. The quantitative estimate of drug-likeness (QED) is 0.512. The predicted molar refractivity (Wildman–Crippen MR) is 134 cm³/mol. The van der Waals surface area contributed by atoms with Gasteiger partial charge in [-0.1, -0.05) is 26.0 Å². The van der Waals surface area contributed by atoms with Crippen LogP contribution in [0, 0.1) is 5.92 Å². The highest BCUT2D eigenvalue weighted by atomic mass is 79.9. The van der Waals surface area contributed by atoms with E-state index in [0.29, 0.717) is 39.6 Å². The van der Waals surface area contributed by atoms with Crippen molar-refractivity contribution >= 4 is 50.8 Å². The van der Waals surface area contributed by atoms with Crippen LogP contribution < -0.4 is 15.4 Å². The number of para-hydroxylation sites is 1. The fraction of sp³-hybridized carbons (Fsp3) is 0.375. The molecule has 8 heteroatoms. The van der Waals surface area contributed by atoms with E-state index in [2.05, 4.69) is 40.4 Å². The van der Waals surface area contributed by atoms with Gasteiger partial charge < -0.3 is 15.0 Å². The molecule has 2 amide bonds. The Kier molecular flexibility index (Phi) is 8.64. The number of likely N-dealkylation sites (tertiary alicyclic amines) is 1. The SMILES string of the molecule is CC(C)COc1ccc(C(=O)NC(=S)Nc2ccccc2C(=O)N2CCCCC2)cc1Br. The normalized spacial score (nSPS) is 13.6. The molecule has 2 aromatic carbocycles. The topological polar surface area (TPSA) is 70.7 Å². The maximum Gasteiger partial charge on any atom is 0.257 e. The summed E-state index contributed by atoms with van der Waals surface area (Å²) >= 11 is 8.79. The van der Waals surface area contributed by atoms with E-state index in [4.69, 9.17) is 17.0 Å². The first kappa shape index (κ1) is 24.2. The monoisotopic (exact) mass is 517 g/mol. The van der Waals surface area contributed by atoms with Crippen molar-refractivity contribution in [3.63, 3.8) is 0 Å². The lowest BCUT2D eigenvalue weighted by molar-refractivity contribution is 0.0725. The number of amides is 2. The molecule has 1 aliphatic rings. The lowest BCUT2D eigenvalue weighted by Crippen LogP contribution is -2.37. The number of anilines is 1. The molecule has 32 heavy (non-hydrogen) atoms. The van der Waals surface area contributed by atoms with Crippen LogP contribution in [0.1, 0.15) is 53.8 Å². The summed E-state index contributed by atoms with van der Waals surface area (Å²) in [7, 11) is 0. The first-order chi connectivity index (χ1) is 15.3.